The Bertz CT molecular complexity index is 1540. The Morgan fingerprint density at radius 3 is 2.32 bits per heavy atom. The maximum atomic E-state index is 13.2. The lowest BCUT2D eigenvalue weighted by molar-refractivity contribution is -0.137. The molecule has 1 amide bonds. The zero-order chi connectivity index (χ0) is 27.3. The van der Waals surface area contributed by atoms with E-state index in [9.17, 15) is 26.4 Å². The lowest BCUT2D eigenvalue weighted by Gasteiger charge is -2.15. The minimum Gasteiger partial charge on any atom is -0.457 e. The maximum absolute atomic E-state index is 13.2. The summed E-state index contributed by atoms with van der Waals surface area (Å²) in [5.74, 6) is -0.159. The molecule has 0 saturated heterocycles. The van der Waals surface area contributed by atoms with Crippen molar-refractivity contribution in [3.8, 4) is 22.6 Å². The Kier molecular flexibility index (Phi) is 7.82. The summed E-state index contributed by atoms with van der Waals surface area (Å²) >= 11 is 0. The van der Waals surface area contributed by atoms with Crippen molar-refractivity contribution in [1.82, 2.24) is 4.98 Å². The molecule has 10 heteroatoms. The highest BCUT2D eigenvalue weighted by Crippen LogP contribution is 2.37. The first-order valence-corrected chi connectivity index (χ1v) is 13.2. The normalized spacial score (nSPS) is 11.7. The van der Waals surface area contributed by atoms with Gasteiger partial charge in [0.25, 0.3) is 0 Å². The Balaban J connectivity index is 1.58. The number of carbonyl (C=O) groups is 1. The largest absolute Gasteiger partial charge is 0.457 e. The van der Waals surface area contributed by atoms with E-state index in [1.165, 1.54) is 30.3 Å². The second kappa shape index (κ2) is 11.1. The van der Waals surface area contributed by atoms with Crippen molar-refractivity contribution >= 4 is 21.4 Å². The molecule has 0 unspecified atom stereocenters. The molecule has 0 spiro atoms. The smallest absolute Gasteiger partial charge is 0.416 e. The third-order valence-electron chi connectivity index (χ3n) is 5.67. The minimum atomic E-state index is -4.53. The number of aromatic nitrogens is 1. The van der Waals surface area contributed by atoms with Crippen LogP contribution in [0.1, 0.15) is 18.1 Å². The van der Waals surface area contributed by atoms with Crippen LogP contribution in [0.15, 0.2) is 96.2 Å². The summed E-state index contributed by atoms with van der Waals surface area (Å²) in [6.07, 6.45) is -1.38. The highest BCUT2D eigenvalue weighted by molar-refractivity contribution is 7.91. The molecule has 0 fully saturated rings. The minimum absolute atomic E-state index is 0.0115. The molecule has 1 aromatic heterocycles. The van der Waals surface area contributed by atoms with E-state index in [1.807, 2.05) is 0 Å². The van der Waals surface area contributed by atoms with Gasteiger partial charge in [0.05, 0.1) is 22.6 Å². The van der Waals surface area contributed by atoms with E-state index in [2.05, 4.69) is 10.3 Å². The van der Waals surface area contributed by atoms with Gasteiger partial charge < -0.3 is 10.1 Å². The molecule has 6 nitrogen and oxygen atoms in total. The van der Waals surface area contributed by atoms with Crippen LogP contribution in [0.2, 0.25) is 0 Å². The van der Waals surface area contributed by atoms with Gasteiger partial charge in [-0.15, -0.1) is 0 Å². The number of rotatable bonds is 8. The SMILES string of the molecule is CCS(=O)(=O)c1ccc(CC(=O)Nc2ccc(-c3ccncc3)c(Oc3cccc(C(F)(F)F)c3)c2)cc1. The number of pyridine rings is 1. The summed E-state index contributed by atoms with van der Waals surface area (Å²) in [7, 11) is -3.34. The molecule has 1 heterocycles. The van der Waals surface area contributed by atoms with Gasteiger partial charge >= 0.3 is 6.18 Å². The molecule has 0 atom stereocenters. The van der Waals surface area contributed by atoms with Crippen molar-refractivity contribution in [2.45, 2.75) is 24.4 Å². The topological polar surface area (TPSA) is 85.4 Å². The van der Waals surface area contributed by atoms with Crippen LogP contribution in [0.3, 0.4) is 0 Å². The van der Waals surface area contributed by atoms with Crippen molar-refractivity contribution in [3.05, 3.63) is 102 Å². The molecule has 4 aromatic rings. The van der Waals surface area contributed by atoms with E-state index in [-0.39, 0.29) is 34.5 Å². The van der Waals surface area contributed by atoms with Gasteiger partial charge in [0.1, 0.15) is 11.5 Å². The van der Waals surface area contributed by atoms with E-state index in [0.29, 0.717) is 16.8 Å². The van der Waals surface area contributed by atoms with E-state index in [0.717, 1.165) is 17.7 Å². The van der Waals surface area contributed by atoms with Crippen LogP contribution in [0.5, 0.6) is 11.5 Å². The fourth-order valence-corrected chi connectivity index (χ4v) is 4.57. The Labute approximate surface area is 218 Å². The first kappa shape index (κ1) is 26.9. The molecular formula is C28H23F3N2O4S. The van der Waals surface area contributed by atoms with Crippen molar-refractivity contribution in [2.24, 2.45) is 0 Å². The fraction of sp³-hybridized carbons (Fsp3) is 0.143. The Morgan fingerprint density at radius 1 is 0.947 bits per heavy atom. The van der Waals surface area contributed by atoms with Gasteiger partial charge in [0.2, 0.25) is 5.91 Å². The van der Waals surface area contributed by atoms with Crippen molar-refractivity contribution in [2.75, 3.05) is 11.1 Å². The van der Waals surface area contributed by atoms with Crippen LogP contribution in [0.25, 0.3) is 11.1 Å². The van der Waals surface area contributed by atoms with E-state index in [4.69, 9.17) is 4.74 Å². The predicted octanol–water partition coefficient (Wildman–Crippen LogP) is 6.53. The van der Waals surface area contributed by atoms with Gasteiger partial charge in [-0.25, -0.2) is 8.42 Å². The van der Waals surface area contributed by atoms with Crippen LogP contribution in [-0.4, -0.2) is 25.1 Å². The molecule has 0 aliphatic heterocycles. The fourth-order valence-electron chi connectivity index (χ4n) is 3.69. The number of sulfone groups is 1. The number of hydrogen-bond donors (Lipinski definition) is 1. The number of amides is 1. The summed E-state index contributed by atoms with van der Waals surface area (Å²) in [4.78, 5) is 16.9. The summed E-state index contributed by atoms with van der Waals surface area (Å²) in [6, 6.07) is 19.0. The van der Waals surface area contributed by atoms with Crippen molar-refractivity contribution in [1.29, 1.82) is 0 Å². The molecule has 0 aliphatic carbocycles. The number of nitrogens with one attached hydrogen (secondary N) is 1. The van der Waals surface area contributed by atoms with E-state index < -0.39 is 21.6 Å². The molecular weight excluding hydrogens is 517 g/mol. The first-order valence-electron chi connectivity index (χ1n) is 11.6. The standard InChI is InChI=1S/C28H23F3N2O4S/c1-2-38(35,36)24-9-6-19(7-10-24)16-27(34)33-22-8-11-25(20-12-14-32-15-13-20)26(18-22)37-23-5-3-4-21(17-23)28(29,30)31/h3-15,17-18H,2,16H2,1H3,(H,33,34). The lowest BCUT2D eigenvalue weighted by Crippen LogP contribution is -2.14. The molecule has 38 heavy (non-hydrogen) atoms. The molecule has 0 saturated carbocycles. The molecule has 196 valence electrons. The zero-order valence-electron chi connectivity index (χ0n) is 20.2. The van der Waals surface area contributed by atoms with Crippen LogP contribution in [0.4, 0.5) is 18.9 Å². The molecule has 4 rings (SSSR count). The van der Waals surface area contributed by atoms with E-state index >= 15 is 0 Å². The Morgan fingerprint density at radius 2 is 1.66 bits per heavy atom. The van der Waals surface area contributed by atoms with Crippen molar-refractivity contribution in [3.63, 3.8) is 0 Å². The van der Waals surface area contributed by atoms with Gasteiger partial charge in [-0.2, -0.15) is 13.2 Å². The zero-order valence-corrected chi connectivity index (χ0v) is 21.0. The third-order valence-corrected chi connectivity index (χ3v) is 7.42. The van der Waals surface area contributed by atoms with Gasteiger partial charge in [0, 0.05) is 29.7 Å². The Hall–Kier alpha value is -4.18. The van der Waals surface area contributed by atoms with E-state index in [1.54, 1.807) is 55.7 Å². The summed E-state index contributed by atoms with van der Waals surface area (Å²) in [6.45, 7) is 1.56. The molecule has 1 N–H and O–H groups in total. The van der Waals surface area contributed by atoms with Crippen LogP contribution in [0, 0.1) is 0 Å². The van der Waals surface area contributed by atoms with Crippen LogP contribution < -0.4 is 10.1 Å². The van der Waals surface area contributed by atoms with Crippen molar-refractivity contribution < 1.29 is 31.1 Å². The van der Waals surface area contributed by atoms with Gasteiger partial charge in [-0.3, -0.25) is 9.78 Å². The number of carbonyl (C=O) groups excluding carboxylic acids is 1. The highest BCUT2D eigenvalue weighted by Gasteiger charge is 2.30. The number of hydrogen-bond acceptors (Lipinski definition) is 5. The third kappa shape index (κ3) is 6.57. The molecule has 0 aliphatic rings. The number of benzene rings is 3. The lowest BCUT2D eigenvalue weighted by atomic mass is 10.0. The maximum Gasteiger partial charge on any atom is 0.416 e. The summed E-state index contributed by atoms with van der Waals surface area (Å²) in [5.41, 5.74) is 1.46. The summed E-state index contributed by atoms with van der Waals surface area (Å²) < 4.78 is 69.4. The quantitative estimate of drug-likeness (QED) is 0.275. The number of alkyl halides is 3. The second-order valence-electron chi connectivity index (χ2n) is 8.35. The number of nitrogens with zero attached hydrogens (tertiary/aromatic N) is 1. The monoisotopic (exact) mass is 540 g/mol. The van der Waals surface area contributed by atoms with Gasteiger partial charge in [0.15, 0.2) is 9.84 Å². The molecule has 0 bridgehead atoms. The second-order valence-corrected chi connectivity index (χ2v) is 10.6. The number of ether oxygens (including phenoxy) is 1. The molecule has 0 radical (unpaired) electrons. The number of halogens is 3. The number of anilines is 1. The predicted molar refractivity (Wildman–Crippen MR) is 138 cm³/mol. The average Bonchev–Trinajstić information content (AvgIpc) is 2.89. The van der Waals surface area contributed by atoms with Gasteiger partial charge in [-0.1, -0.05) is 25.1 Å². The van der Waals surface area contributed by atoms with Crippen LogP contribution in [-0.2, 0) is 27.2 Å². The highest BCUT2D eigenvalue weighted by atomic mass is 32.2. The first-order chi connectivity index (χ1) is 18.0. The summed E-state index contributed by atoms with van der Waals surface area (Å²) in [5, 5.41) is 2.76. The van der Waals surface area contributed by atoms with Crippen LogP contribution >= 0.6 is 0 Å². The average molecular weight is 541 g/mol. The van der Waals surface area contributed by atoms with Gasteiger partial charge in [-0.05, 0) is 65.7 Å². The molecule has 3 aromatic carbocycles.